The van der Waals surface area contributed by atoms with E-state index in [1.807, 2.05) is 6.92 Å². The summed E-state index contributed by atoms with van der Waals surface area (Å²) in [6, 6.07) is 7.25. The Bertz CT molecular complexity index is 661. The minimum Gasteiger partial charge on any atom is -0.480 e. The molecule has 0 spiro atoms. The molecule has 1 unspecified atom stereocenters. The number of carbonyl (C=O) groups is 1. The van der Waals surface area contributed by atoms with E-state index < -0.39 is 16.9 Å². The van der Waals surface area contributed by atoms with Crippen molar-refractivity contribution < 1.29 is 14.8 Å². The lowest BCUT2D eigenvalue weighted by molar-refractivity contribution is -0.387. The predicted molar refractivity (Wildman–Crippen MR) is 125 cm³/mol. The third-order valence-corrected chi connectivity index (χ3v) is 6.90. The van der Waals surface area contributed by atoms with E-state index in [9.17, 15) is 14.9 Å². The van der Waals surface area contributed by atoms with Gasteiger partial charge in [-0.15, -0.1) is 0 Å². The normalized spacial score (nSPS) is 18.6. The Balaban J connectivity index is 0.000000231. The number of rotatable bonds is 9. The molecule has 2 aliphatic rings. The zero-order valence-electron chi connectivity index (χ0n) is 18.6. The van der Waals surface area contributed by atoms with E-state index in [-0.39, 0.29) is 5.69 Å². The Morgan fingerprint density at radius 1 is 1.10 bits per heavy atom. The van der Waals surface area contributed by atoms with Crippen LogP contribution in [0.5, 0.6) is 0 Å². The Hall–Kier alpha value is -1.64. The van der Waals surface area contributed by atoms with Crippen molar-refractivity contribution >= 4 is 23.6 Å². The van der Waals surface area contributed by atoms with Crippen LogP contribution in [0.2, 0.25) is 0 Å². The van der Waals surface area contributed by atoms with Crippen LogP contribution >= 0.6 is 11.9 Å². The van der Waals surface area contributed by atoms with Crippen LogP contribution in [0.1, 0.15) is 84.0 Å². The molecule has 0 amide bonds. The van der Waals surface area contributed by atoms with Gasteiger partial charge < -0.3 is 10.4 Å². The highest BCUT2D eigenvalue weighted by Gasteiger charge is 2.20. The van der Waals surface area contributed by atoms with Gasteiger partial charge in [-0.05, 0) is 50.1 Å². The fourth-order valence-electron chi connectivity index (χ4n) is 4.22. The molecular weight excluding hydrogens is 414 g/mol. The summed E-state index contributed by atoms with van der Waals surface area (Å²) in [5.41, 5.74) is -0.0318. The number of hydrogen-bond donors (Lipinski definition) is 3. The van der Waals surface area contributed by atoms with E-state index in [0.29, 0.717) is 11.3 Å². The van der Waals surface area contributed by atoms with Crippen molar-refractivity contribution in [1.29, 1.82) is 0 Å². The van der Waals surface area contributed by atoms with E-state index in [1.54, 1.807) is 18.2 Å². The number of para-hydroxylation sites is 1. The number of hydrogen-bond acceptors (Lipinski definition) is 6. The summed E-state index contributed by atoms with van der Waals surface area (Å²) in [6.45, 7) is 1.88. The third kappa shape index (κ3) is 9.58. The largest absolute Gasteiger partial charge is 0.480 e. The Morgan fingerprint density at radius 2 is 1.65 bits per heavy atom. The maximum absolute atomic E-state index is 10.9. The van der Waals surface area contributed by atoms with Crippen LogP contribution in [0.25, 0.3) is 0 Å². The van der Waals surface area contributed by atoms with Crippen molar-refractivity contribution in [3.05, 3.63) is 34.4 Å². The molecule has 0 radical (unpaired) electrons. The fraction of sp³-hybridized carbons (Fsp3) is 0.696. The van der Waals surface area contributed by atoms with Gasteiger partial charge >= 0.3 is 5.97 Å². The van der Waals surface area contributed by atoms with Gasteiger partial charge in [0.25, 0.3) is 5.69 Å². The number of aliphatic carboxylic acids is 1. The van der Waals surface area contributed by atoms with Gasteiger partial charge in [0.2, 0.25) is 0 Å². The van der Waals surface area contributed by atoms with Gasteiger partial charge in [-0.2, -0.15) is 0 Å². The van der Waals surface area contributed by atoms with Crippen molar-refractivity contribution in [2.24, 2.45) is 0 Å². The molecule has 1 aromatic carbocycles. The van der Waals surface area contributed by atoms with Crippen molar-refractivity contribution in [3.63, 3.8) is 0 Å². The number of nitrogens with zero attached hydrogens (tertiary/aromatic N) is 1. The number of carboxylic acid groups (broad SMARTS) is 1. The first-order valence-corrected chi connectivity index (χ1v) is 12.5. The first-order chi connectivity index (χ1) is 15.0. The van der Waals surface area contributed by atoms with Crippen molar-refractivity contribution in [3.8, 4) is 0 Å². The first-order valence-electron chi connectivity index (χ1n) is 11.7. The van der Waals surface area contributed by atoms with Crippen LogP contribution < -0.4 is 10.0 Å². The molecule has 1 atom stereocenters. The number of nitro benzene ring substituents is 1. The molecule has 2 fully saturated rings. The SMILES string of the molecule is C1CCC(NC2CCCCC2)CC1.CCCC(NSc1ccccc1[N+](=O)[O-])C(=O)O. The van der Waals surface area contributed by atoms with Gasteiger partial charge in [0.1, 0.15) is 10.9 Å². The van der Waals surface area contributed by atoms with Crippen molar-refractivity contribution in [2.75, 3.05) is 0 Å². The summed E-state index contributed by atoms with van der Waals surface area (Å²) in [5, 5.41) is 23.6. The first kappa shape index (κ1) is 25.6. The average molecular weight is 452 g/mol. The van der Waals surface area contributed by atoms with Crippen molar-refractivity contribution in [2.45, 2.75) is 107 Å². The quantitative estimate of drug-likeness (QED) is 0.252. The topological polar surface area (TPSA) is 105 Å². The number of nitrogens with one attached hydrogen (secondary N) is 2. The molecule has 1 aromatic rings. The van der Waals surface area contributed by atoms with E-state index in [0.717, 1.165) is 30.5 Å². The van der Waals surface area contributed by atoms with E-state index in [4.69, 9.17) is 5.11 Å². The highest BCUT2D eigenvalue weighted by molar-refractivity contribution is 7.97. The molecule has 0 aliphatic heterocycles. The summed E-state index contributed by atoms with van der Waals surface area (Å²) >= 11 is 0.979. The van der Waals surface area contributed by atoms with Crippen LogP contribution in [-0.2, 0) is 4.79 Å². The molecule has 0 aromatic heterocycles. The summed E-state index contributed by atoms with van der Waals surface area (Å²) in [7, 11) is 0. The van der Waals surface area contributed by atoms with Gasteiger partial charge in [-0.3, -0.25) is 14.9 Å². The Labute approximate surface area is 190 Å². The molecule has 7 nitrogen and oxygen atoms in total. The maximum Gasteiger partial charge on any atom is 0.321 e. The number of carboxylic acids is 1. The molecular formula is C23H37N3O4S. The lowest BCUT2D eigenvalue weighted by Gasteiger charge is -2.30. The summed E-state index contributed by atoms with van der Waals surface area (Å²) in [5.74, 6) is -0.956. The average Bonchev–Trinajstić information content (AvgIpc) is 2.78. The van der Waals surface area contributed by atoms with Gasteiger partial charge in [-0.25, -0.2) is 4.72 Å². The standard InChI is InChI=1S/C12H23N.C11H14N2O4S/c1-3-7-11(8-4-1)13-12-9-5-2-6-10-12;1-2-5-8(11(14)15)12-18-10-7-4-3-6-9(10)13(16)17/h11-13H,1-10H2;3-4,6-8,12H,2,5H2,1H3,(H,14,15). The van der Waals surface area contributed by atoms with E-state index >= 15 is 0 Å². The second kappa shape index (κ2) is 14.4. The second-order valence-electron chi connectivity index (χ2n) is 8.46. The summed E-state index contributed by atoms with van der Waals surface area (Å²) in [4.78, 5) is 21.6. The van der Waals surface area contributed by atoms with Crippen LogP contribution in [0, 0.1) is 10.1 Å². The Kier molecular flexibility index (Phi) is 11.9. The highest BCUT2D eigenvalue weighted by Crippen LogP contribution is 2.27. The second-order valence-corrected chi connectivity index (χ2v) is 9.34. The van der Waals surface area contributed by atoms with E-state index in [1.165, 1.54) is 70.3 Å². The maximum atomic E-state index is 10.9. The molecule has 2 aliphatic carbocycles. The van der Waals surface area contributed by atoms with Gasteiger partial charge in [0.05, 0.1) is 4.92 Å². The molecule has 0 bridgehead atoms. The molecule has 2 saturated carbocycles. The van der Waals surface area contributed by atoms with Gasteiger partial charge in [0.15, 0.2) is 0 Å². The minimum absolute atomic E-state index is 0.0318. The monoisotopic (exact) mass is 451 g/mol. The molecule has 3 rings (SSSR count). The third-order valence-electron chi connectivity index (χ3n) is 5.93. The molecule has 31 heavy (non-hydrogen) atoms. The van der Waals surface area contributed by atoms with Gasteiger partial charge in [-0.1, -0.05) is 64.0 Å². The van der Waals surface area contributed by atoms with Crippen LogP contribution in [0.4, 0.5) is 5.69 Å². The number of nitro groups is 1. The molecule has 174 valence electrons. The zero-order valence-corrected chi connectivity index (χ0v) is 19.4. The Morgan fingerprint density at radius 3 is 2.13 bits per heavy atom. The van der Waals surface area contributed by atoms with E-state index in [2.05, 4.69) is 10.0 Å². The van der Waals surface area contributed by atoms with Crippen LogP contribution in [0.15, 0.2) is 29.2 Å². The predicted octanol–water partition coefficient (Wildman–Crippen LogP) is 5.69. The number of benzene rings is 1. The fourth-order valence-corrected chi connectivity index (χ4v) is 5.10. The molecule has 0 saturated heterocycles. The summed E-state index contributed by atoms with van der Waals surface area (Å²) in [6.07, 6.45) is 15.8. The van der Waals surface area contributed by atoms with Crippen LogP contribution in [-0.4, -0.2) is 34.1 Å². The molecule has 3 N–H and O–H groups in total. The molecule has 0 heterocycles. The summed E-state index contributed by atoms with van der Waals surface area (Å²) < 4.78 is 2.74. The van der Waals surface area contributed by atoms with Crippen LogP contribution in [0.3, 0.4) is 0 Å². The zero-order chi connectivity index (χ0) is 22.5. The van der Waals surface area contributed by atoms with Crippen molar-refractivity contribution in [1.82, 2.24) is 10.0 Å². The lowest BCUT2D eigenvalue weighted by Crippen LogP contribution is -2.40. The minimum atomic E-state index is -0.956. The molecule has 8 heteroatoms. The smallest absolute Gasteiger partial charge is 0.321 e. The lowest BCUT2D eigenvalue weighted by atomic mass is 9.91. The van der Waals surface area contributed by atoms with Gasteiger partial charge in [0, 0.05) is 18.2 Å². The highest BCUT2D eigenvalue weighted by atomic mass is 32.2.